The van der Waals surface area contributed by atoms with Gasteiger partial charge in [0.15, 0.2) is 0 Å². The Morgan fingerprint density at radius 3 is 2.90 bits per heavy atom. The van der Waals surface area contributed by atoms with Crippen LogP contribution in [0.3, 0.4) is 0 Å². The number of nitrogens with zero attached hydrogens (tertiary/aromatic N) is 2. The number of nitrogens with one attached hydrogen (secondary N) is 1. The molecule has 1 aliphatic carbocycles. The minimum atomic E-state index is -1.18. The van der Waals surface area contributed by atoms with E-state index in [-0.39, 0.29) is 40.8 Å². The summed E-state index contributed by atoms with van der Waals surface area (Å²) in [7, 11) is -0.999. The quantitative estimate of drug-likeness (QED) is 0.519. The van der Waals surface area contributed by atoms with Crippen LogP contribution < -0.4 is 15.1 Å². The fourth-order valence-electron chi connectivity index (χ4n) is 4.03. The molecule has 5 N–H and O–H groups in total. The molecule has 0 bridgehead atoms. The van der Waals surface area contributed by atoms with Gasteiger partial charge in [-0.05, 0) is 24.0 Å². The second-order valence-corrected chi connectivity index (χ2v) is 7.63. The van der Waals surface area contributed by atoms with Gasteiger partial charge in [-0.15, -0.1) is 0 Å². The van der Waals surface area contributed by atoms with E-state index in [0.29, 0.717) is 18.8 Å². The lowest BCUT2D eigenvalue weighted by molar-refractivity contribution is -0.141. The molecule has 2 fully saturated rings. The highest BCUT2D eigenvalue weighted by molar-refractivity contribution is 6.48. The van der Waals surface area contributed by atoms with Gasteiger partial charge in [0.2, 0.25) is 5.91 Å². The van der Waals surface area contributed by atoms with Gasteiger partial charge in [0.1, 0.15) is 29.2 Å². The largest absolute Gasteiger partial charge is 0.535 e. The topological polar surface area (TPSA) is 151 Å². The molecule has 3 aliphatic rings. The number of aromatic carboxylic acids is 1. The third-order valence-corrected chi connectivity index (χ3v) is 5.77. The summed E-state index contributed by atoms with van der Waals surface area (Å²) in [6.07, 6.45) is 3.45. The van der Waals surface area contributed by atoms with Gasteiger partial charge in [-0.25, -0.2) is 9.78 Å². The average Bonchev–Trinajstić information content (AvgIpc) is 3.29. The van der Waals surface area contributed by atoms with E-state index < -0.39 is 19.1 Å². The summed E-state index contributed by atoms with van der Waals surface area (Å²) in [5.74, 6) is -0.963. The van der Waals surface area contributed by atoms with Crippen LogP contribution in [-0.2, 0) is 4.79 Å². The normalized spacial score (nSPS) is 23.4. The van der Waals surface area contributed by atoms with Crippen molar-refractivity contribution in [3.63, 3.8) is 0 Å². The first kappa shape index (κ1) is 18.0. The summed E-state index contributed by atoms with van der Waals surface area (Å²) in [5.41, 5.74) is 7.08. The van der Waals surface area contributed by atoms with E-state index in [1.54, 1.807) is 18.3 Å². The number of carboxylic acid groups (broad SMARTS) is 1. The molecule has 5 rings (SSSR count). The molecule has 2 aromatic rings. The zero-order valence-electron chi connectivity index (χ0n) is 15.3. The van der Waals surface area contributed by atoms with Crippen molar-refractivity contribution in [3.8, 4) is 11.5 Å². The predicted octanol–water partition coefficient (Wildman–Crippen LogP) is 0.128. The van der Waals surface area contributed by atoms with Gasteiger partial charge in [0.05, 0.1) is 25.1 Å². The zero-order chi connectivity index (χ0) is 20.3. The number of hydrogen-bond acceptors (Lipinski definition) is 7. The molecule has 3 heterocycles. The Kier molecular flexibility index (Phi) is 4.03. The number of H-pyrrole nitrogens is 1. The van der Waals surface area contributed by atoms with Crippen molar-refractivity contribution in [2.45, 2.75) is 30.3 Å². The number of benzene rings is 1. The molecule has 1 unspecified atom stereocenters. The molecule has 1 saturated carbocycles. The number of fused-ring (bicyclic) bond motifs is 3. The van der Waals surface area contributed by atoms with Crippen LogP contribution in [0.4, 0.5) is 0 Å². The number of ether oxygens (including phenoxy) is 1. The first-order chi connectivity index (χ1) is 13.9. The third kappa shape index (κ3) is 2.93. The smallest absolute Gasteiger partial charge is 0.526 e. The molecule has 0 spiro atoms. The maximum absolute atomic E-state index is 12.4. The Labute approximate surface area is 165 Å². The standard InChI is InChI=1S/C18H19BN4O6/c20-15(12-4-21-7-22-12)17(24)23-5-8(6-23)28-13-2-1-9-10-3-11(10)19(27)29-16(9)14(13)18(25)26/h1-2,4,7-8,10-11,15,27H,3,5-6,20H2,(H,21,22)(H,25,26)/t10?,11-,15+/m1/s1. The van der Waals surface area contributed by atoms with Gasteiger partial charge in [0, 0.05) is 12.0 Å². The van der Waals surface area contributed by atoms with E-state index in [4.69, 9.17) is 15.1 Å². The lowest BCUT2D eigenvalue weighted by atomic mass is 9.77. The molecule has 150 valence electrons. The number of likely N-dealkylation sites (tertiary alicyclic amines) is 1. The summed E-state index contributed by atoms with van der Waals surface area (Å²) in [6, 6.07) is 2.56. The average molecular weight is 398 g/mol. The number of aromatic amines is 1. The Balaban J connectivity index is 1.29. The molecule has 2 aliphatic heterocycles. The lowest BCUT2D eigenvalue weighted by Gasteiger charge is -2.40. The summed E-state index contributed by atoms with van der Waals surface area (Å²) in [6.45, 7) is 0.586. The first-order valence-corrected chi connectivity index (χ1v) is 9.38. The second kappa shape index (κ2) is 6.50. The SMILES string of the molecule is N[C@H](C(=O)N1CC(Oc2ccc3c(c2C(=O)O)OB(O)[C@@H]2CC32)C1)c1c[nH]cn1. The molecule has 10 nitrogen and oxygen atoms in total. The van der Waals surface area contributed by atoms with Crippen molar-refractivity contribution in [2.75, 3.05) is 13.1 Å². The van der Waals surface area contributed by atoms with Crippen LogP contribution in [0.15, 0.2) is 24.7 Å². The van der Waals surface area contributed by atoms with Crippen molar-refractivity contribution in [3.05, 3.63) is 41.5 Å². The summed E-state index contributed by atoms with van der Waals surface area (Å²) < 4.78 is 11.3. The minimum Gasteiger partial charge on any atom is -0.535 e. The van der Waals surface area contributed by atoms with E-state index in [9.17, 15) is 19.7 Å². The third-order valence-electron chi connectivity index (χ3n) is 5.77. The van der Waals surface area contributed by atoms with Crippen molar-refractivity contribution in [1.82, 2.24) is 14.9 Å². The second-order valence-electron chi connectivity index (χ2n) is 7.63. The van der Waals surface area contributed by atoms with Crippen LogP contribution in [0.1, 0.15) is 40.0 Å². The monoisotopic (exact) mass is 398 g/mol. The van der Waals surface area contributed by atoms with E-state index in [0.717, 1.165) is 12.0 Å². The zero-order valence-corrected chi connectivity index (χ0v) is 15.3. The highest BCUT2D eigenvalue weighted by Gasteiger charge is 2.54. The van der Waals surface area contributed by atoms with Crippen molar-refractivity contribution < 1.29 is 29.1 Å². The van der Waals surface area contributed by atoms with Crippen molar-refractivity contribution in [2.24, 2.45) is 5.73 Å². The minimum absolute atomic E-state index is 0.0286. The Morgan fingerprint density at radius 1 is 1.41 bits per heavy atom. The van der Waals surface area contributed by atoms with Gasteiger partial charge < -0.3 is 35.1 Å². The summed E-state index contributed by atoms with van der Waals surface area (Å²) in [4.78, 5) is 32.6. The number of carbonyl (C=O) groups excluding carboxylic acids is 1. The number of hydrogen-bond donors (Lipinski definition) is 4. The maximum atomic E-state index is 12.4. The van der Waals surface area contributed by atoms with Gasteiger partial charge in [-0.3, -0.25) is 4.79 Å². The molecule has 1 aromatic carbocycles. The van der Waals surface area contributed by atoms with E-state index in [2.05, 4.69) is 9.97 Å². The van der Waals surface area contributed by atoms with Crippen LogP contribution in [0.25, 0.3) is 0 Å². The highest BCUT2D eigenvalue weighted by atomic mass is 16.5. The number of imidazole rings is 1. The van der Waals surface area contributed by atoms with Crippen LogP contribution in [-0.4, -0.2) is 63.2 Å². The molecule has 1 saturated heterocycles. The number of carboxylic acids is 1. The number of rotatable bonds is 5. The molecule has 0 radical (unpaired) electrons. The van der Waals surface area contributed by atoms with Crippen LogP contribution in [0.2, 0.25) is 5.82 Å². The van der Waals surface area contributed by atoms with Crippen molar-refractivity contribution in [1.29, 1.82) is 0 Å². The Morgan fingerprint density at radius 2 is 2.21 bits per heavy atom. The number of nitrogens with two attached hydrogens (primary N) is 1. The Hall–Kier alpha value is -3.05. The molecule has 1 aromatic heterocycles. The van der Waals surface area contributed by atoms with Crippen LogP contribution in [0, 0.1) is 0 Å². The maximum Gasteiger partial charge on any atom is 0.526 e. The highest BCUT2D eigenvalue weighted by Crippen LogP contribution is 2.60. The lowest BCUT2D eigenvalue weighted by Crippen LogP contribution is -2.58. The van der Waals surface area contributed by atoms with Gasteiger partial charge in [0.25, 0.3) is 0 Å². The molecule has 11 heteroatoms. The first-order valence-electron chi connectivity index (χ1n) is 9.38. The fourth-order valence-corrected chi connectivity index (χ4v) is 4.03. The fraction of sp³-hybridized carbons (Fsp3) is 0.389. The summed E-state index contributed by atoms with van der Waals surface area (Å²) >= 11 is 0. The van der Waals surface area contributed by atoms with Crippen molar-refractivity contribution >= 4 is 19.0 Å². The van der Waals surface area contributed by atoms with Gasteiger partial charge in [-0.2, -0.15) is 0 Å². The Bertz CT molecular complexity index is 977. The van der Waals surface area contributed by atoms with Gasteiger partial charge >= 0.3 is 13.1 Å². The van der Waals surface area contributed by atoms with E-state index in [1.807, 2.05) is 0 Å². The summed E-state index contributed by atoms with van der Waals surface area (Å²) in [5, 5.41) is 19.7. The number of amides is 1. The number of aromatic nitrogens is 2. The van der Waals surface area contributed by atoms with Crippen LogP contribution in [0.5, 0.6) is 11.5 Å². The van der Waals surface area contributed by atoms with E-state index in [1.165, 1.54) is 11.2 Å². The van der Waals surface area contributed by atoms with Gasteiger partial charge in [-0.1, -0.05) is 6.07 Å². The molecular formula is C18H19BN4O6. The molecule has 1 amide bonds. The molecular weight excluding hydrogens is 379 g/mol. The predicted molar refractivity (Wildman–Crippen MR) is 99.6 cm³/mol. The molecule has 3 atom stereocenters. The van der Waals surface area contributed by atoms with Crippen LogP contribution >= 0.6 is 0 Å². The number of carbonyl (C=O) groups is 2. The van der Waals surface area contributed by atoms with E-state index >= 15 is 0 Å². The molecule has 29 heavy (non-hydrogen) atoms.